The molecule has 3 N–H and O–H groups in total. The van der Waals surface area contributed by atoms with Crippen LogP contribution in [0.2, 0.25) is 0 Å². The van der Waals surface area contributed by atoms with Crippen molar-refractivity contribution in [1.29, 1.82) is 0 Å². The molecule has 9 heteroatoms. The van der Waals surface area contributed by atoms with Crippen molar-refractivity contribution in [2.45, 2.75) is 51.3 Å². The summed E-state index contributed by atoms with van der Waals surface area (Å²) in [5.41, 5.74) is 5.12. The standard InChI is InChI=1S/C15H23N5O3S/c1-15(2,3)23-14(21)20-9-4-5-10(20)8-19(7-9)13-17-6-11(24-13)12(16)18-22/h6,9-10,22H,4-5,7-8H2,1-3H3,(H2,16,18)/t9-,10+. The lowest BCUT2D eigenvalue weighted by Gasteiger charge is -2.41. The van der Waals surface area contributed by atoms with Crippen LogP contribution >= 0.6 is 11.3 Å². The van der Waals surface area contributed by atoms with Gasteiger partial charge < -0.3 is 20.6 Å². The first kappa shape index (κ1) is 16.8. The number of aromatic nitrogens is 1. The summed E-state index contributed by atoms with van der Waals surface area (Å²) in [6.07, 6.45) is 3.32. The van der Waals surface area contributed by atoms with E-state index in [1.54, 1.807) is 6.20 Å². The first-order valence-electron chi connectivity index (χ1n) is 7.98. The summed E-state index contributed by atoms with van der Waals surface area (Å²) in [6.45, 7) is 7.09. The molecule has 1 amide bonds. The Bertz CT molecular complexity index is 640. The van der Waals surface area contributed by atoms with Crippen molar-refractivity contribution < 1.29 is 14.7 Å². The van der Waals surface area contributed by atoms with Crippen LogP contribution in [0, 0.1) is 0 Å². The molecule has 0 aliphatic carbocycles. The number of fused-ring (bicyclic) bond motifs is 2. The number of carbonyl (C=O) groups is 1. The Balaban J connectivity index is 1.71. The minimum Gasteiger partial charge on any atom is -0.444 e. The molecule has 0 saturated carbocycles. The van der Waals surface area contributed by atoms with E-state index < -0.39 is 5.60 Å². The first-order valence-corrected chi connectivity index (χ1v) is 8.80. The van der Waals surface area contributed by atoms with E-state index in [2.05, 4.69) is 15.0 Å². The molecular formula is C15H23N5O3S. The summed E-state index contributed by atoms with van der Waals surface area (Å²) in [5, 5.41) is 12.6. The number of nitrogens with two attached hydrogens (primary N) is 1. The second-order valence-corrected chi connectivity index (χ2v) is 8.18. The van der Waals surface area contributed by atoms with Gasteiger partial charge in [-0.15, -0.1) is 0 Å². The molecule has 0 aromatic carbocycles. The summed E-state index contributed by atoms with van der Waals surface area (Å²) in [7, 11) is 0. The van der Waals surface area contributed by atoms with Gasteiger partial charge in [0.05, 0.1) is 23.2 Å². The second kappa shape index (κ2) is 6.12. The topological polar surface area (TPSA) is 104 Å². The molecule has 1 aromatic heterocycles. The van der Waals surface area contributed by atoms with Crippen LogP contribution in [0.15, 0.2) is 11.4 Å². The summed E-state index contributed by atoms with van der Waals surface area (Å²) >= 11 is 1.39. The Hall–Kier alpha value is -2.03. The molecule has 132 valence electrons. The fourth-order valence-corrected chi connectivity index (χ4v) is 4.08. The zero-order valence-electron chi connectivity index (χ0n) is 14.1. The smallest absolute Gasteiger partial charge is 0.410 e. The number of oxime groups is 1. The maximum atomic E-state index is 12.5. The van der Waals surface area contributed by atoms with Crippen molar-refractivity contribution in [3.05, 3.63) is 11.1 Å². The number of carbonyl (C=O) groups excluding carboxylic acids is 1. The van der Waals surface area contributed by atoms with Gasteiger partial charge in [0.25, 0.3) is 0 Å². The fraction of sp³-hybridized carbons (Fsp3) is 0.667. The van der Waals surface area contributed by atoms with Crippen molar-refractivity contribution in [2.75, 3.05) is 18.0 Å². The largest absolute Gasteiger partial charge is 0.444 e. The molecule has 3 heterocycles. The van der Waals surface area contributed by atoms with Gasteiger partial charge in [0.1, 0.15) is 5.60 Å². The molecule has 0 spiro atoms. The number of nitrogens with zero attached hydrogens (tertiary/aromatic N) is 4. The zero-order valence-corrected chi connectivity index (χ0v) is 14.9. The van der Waals surface area contributed by atoms with Gasteiger partial charge in [-0.2, -0.15) is 0 Å². The molecule has 2 atom stereocenters. The normalized spacial score (nSPS) is 24.4. The average Bonchev–Trinajstić information content (AvgIpc) is 3.08. The second-order valence-electron chi connectivity index (χ2n) is 7.17. The van der Waals surface area contributed by atoms with Crippen LogP contribution < -0.4 is 10.6 Å². The summed E-state index contributed by atoms with van der Waals surface area (Å²) in [6, 6.07) is 0.268. The van der Waals surface area contributed by atoms with Gasteiger partial charge >= 0.3 is 6.09 Å². The van der Waals surface area contributed by atoms with E-state index in [-0.39, 0.29) is 24.0 Å². The highest BCUT2D eigenvalue weighted by molar-refractivity contribution is 7.17. The Morgan fingerprint density at radius 2 is 2.04 bits per heavy atom. The lowest BCUT2D eigenvalue weighted by atomic mass is 10.2. The Morgan fingerprint density at radius 3 is 2.58 bits per heavy atom. The van der Waals surface area contributed by atoms with Crippen molar-refractivity contribution in [3.8, 4) is 0 Å². The van der Waals surface area contributed by atoms with Crippen LogP contribution in [0.1, 0.15) is 38.5 Å². The fourth-order valence-electron chi connectivity index (χ4n) is 3.25. The summed E-state index contributed by atoms with van der Waals surface area (Å²) in [4.78, 5) is 21.5. The Kier molecular flexibility index (Phi) is 4.29. The Morgan fingerprint density at radius 1 is 1.42 bits per heavy atom. The quantitative estimate of drug-likeness (QED) is 0.364. The zero-order chi connectivity index (χ0) is 17.5. The predicted molar refractivity (Wildman–Crippen MR) is 91.7 cm³/mol. The van der Waals surface area contributed by atoms with Gasteiger partial charge in [0, 0.05) is 13.1 Å². The van der Waals surface area contributed by atoms with Crippen molar-refractivity contribution in [2.24, 2.45) is 10.9 Å². The van der Waals surface area contributed by atoms with Crippen LogP contribution in [0.4, 0.5) is 9.93 Å². The van der Waals surface area contributed by atoms with E-state index in [9.17, 15) is 4.79 Å². The van der Waals surface area contributed by atoms with Gasteiger partial charge in [-0.05, 0) is 33.6 Å². The van der Waals surface area contributed by atoms with E-state index >= 15 is 0 Å². The van der Waals surface area contributed by atoms with E-state index in [4.69, 9.17) is 15.7 Å². The number of amidine groups is 1. The average molecular weight is 353 g/mol. The molecule has 2 bridgehead atoms. The maximum absolute atomic E-state index is 12.5. The summed E-state index contributed by atoms with van der Waals surface area (Å²) in [5.74, 6) is 0.0640. The van der Waals surface area contributed by atoms with Gasteiger partial charge in [-0.1, -0.05) is 16.5 Å². The van der Waals surface area contributed by atoms with Gasteiger partial charge in [0.15, 0.2) is 11.0 Å². The van der Waals surface area contributed by atoms with Crippen molar-refractivity contribution in [3.63, 3.8) is 0 Å². The van der Waals surface area contributed by atoms with Gasteiger partial charge in [0.2, 0.25) is 0 Å². The third-order valence-electron chi connectivity index (χ3n) is 4.21. The van der Waals surface area contributed by atoms with Gasteiger partial charge in [-0.3, -0.25) is 4.90 Å². The molecule has 2 saturated heterocycles. The minimum absolute atomic E-state index is 0.0640. The van der Waals surface area contributed by atoms with E-state index in [1.807, 2.05) is 25.7 Å². The third-order valence-corrected chi connectivity index (χ3v) is 5.29. The van der Waals surface area contributed by atoms with E-state index in [0.29, 0.717) is 4.88 Å². The van der Waals surface area contributed by atoms with Gasteiger partial charge in [-0.25, -0.2) is 9.78 Å². The minimum atomic E-state index is -0.487. The molecule has 2 fully saturated rings. The number of hydrogen-bond acceptors (Lipinski definition) is 7. The maximum Gasteiger partial charge on any atom is 0.410 e. The number of ether oxygens (including phenoxy) is 1. The van der Waals surface area contributed by atoms with Crippen LogP contribution in [0.25, 0.3) is 0 Å². The highest BCUT2D eigenvalue weighted by Crippen LogP contribution is 2.35. The molecule has 0 unspecified atom stereocenters. The SMILES string of the molecule is CC(C)(C)OC(=O)N1[C@@H]2CC[C@H]1CN(c1ncc(/C(N)=N/O)s1)C2. The monoisotopic (exact) mass is 353 g/mol. The molecule has 2 aliphatic rings. The van der Waals surface area contributed by atoms with Crippen LogP contribution in [-0.4, -0.2) is 57.8 Å². The van der Waals surface area contributed by atoms with E-state index in [0.717, 1.165) is 31.1 Å². The number of amides is 1. The van der Waals surface area contributed by atoms with Crippen LogP contribution in [0.3, 0.4) is 0 Å². The molecule has 8 nitrogen and oxygen atoms in total. The predicted octanol–water partition coefficient (Wildman–Crippen LogP) is 1.83. The molecule has 2 aliphatic heterocycles. The molecule has 1 aromatic rings. The lowest BCUT2D eigenvalue weighted by Crippen LogP contribution is -2.56. The number of hydrogen-bond donors (Lipinski definition) is 2. The van der Waals surface area contributed by atoms with Crippen molar-refractivity contribution in [1.82, 2.24) is 9.88 Å². The number of rotatable bonds is 2. The highest BCUT2D eigenvalue weighted by Gasteiger charge is 2.44. The highest BCUT2D eigenvalue weighted by atomic mass is 32.1. The molecule has 24 heavy (non-hydrogen) atoms. The molecule has 0 radical (unpaired) electrons. The number of piperazine rings is 1. The number of anilines is 1. The van der Waals surface area contributed by atoms with E-state index in [1.165, 1.54) is 11.3 Å². The molecule has 3 rings (SSSR count). The van der Waals surface area contributed by atoms with Crippen LogP contribution in [-0.2, 0) is 4.74 Å². The van der Waals surface area contributed by atoms with Crippen molar-refractivity contribution >= 4 is 28.4 Å². The first-order chi connectivity index (χ1) is 11.3. The lowest BCUT2D eigenvalue weighted by molar-refractivity contribution is 0.0123. The summed E-state index contributed by atoms with van der Waals surface area (Å²) < 4.78 is 5.54. The number of thiazole rings is 1. The molecular weight excluding hydrogens is 330 g/mol. The van der Waals surface area contributed by atoms with Crippen LogP contribution in [0.5, 0.6) is 0 Å². The Labute approximate surface area is 144 Å². The third kappa shape index (κ3) is 3.26.